The summed E-state index contributed by atoms with van der Waals surface area (Å²) < 4.78 is 4.41. The zero-order valence-electron chi connectivity index (χ0n) is 4.76. The highest BCUT2D eigenvalue weighted by atomic mass is 16.6. The van der Waals surface area contributed by atoms with Crippen LogP contribution in [0.1, 0.15) is 6.92 Å². The second-order valence-corrected chi connectivity index (χ2v) is 1.48. The molecule has 4 heteroatoms. The number of carbonyl (C=O) groups excluding carboxylic acids is 1. The second kappa shape index (κ2) is 3.26. The molecular formula is C4H10N2O2. The molecule has 0 saturated carbocycles. The van der Waals surface area contributed by atoms with E-state index in [0.29, 0.717) is 6.54 Å². The normalized spacial score (nSPS) is 12.8. The molecule has 1 atom stereocenters. The van der Waals surface area contributed by atoms with Crippen molar-refractivity contribution in [1.29, 1.82) is 0 Å². The highest BCUT2D eigenvalue weighted by Gasteiger charge is 2.00. The van der Waals surface area contributed by atoms with E-state index in [2.05, 4.69) is 10.5 Å². The van der Waals surface area contributed by atoms with Crippen LogP contribution in [-0.2, 0) is 4.74 Å². The predicted octanol–water partition coefficient (Wildman–Crippen LogP) is -0.571. The van der Waals surface area contributed by atoms with Gasteiger partial charge in [-0.2, -0.15) is 0 Å². The number of amides is 1. The van der Waals surface area contributed by atoms with Gasteiger partial charge in [0.15, 0.2) is 0 Å². The van der Waals surface area contributed by atoms with Gasteiger partial charge in [-0.15, -0.1) is 0 Å². The molecule has 0 aromatic heterocycles. The molecule has 48 valence electrons. The molecule has 0 fully saturated rings. The van der Waals surface area contributed by atoms with E-state index in [4.69, 9.17) is 5.73 Å². The van der Waals surface area contributed by atoms with E-state index in [1.165, 1.54) is 0 Å². The smallest absolute Gasteiger partial charge is 0.404 e. The molecule has 4 N–H and O–H groups in total. The first-order valence-corrected chi connectivity index (χ1v) is 2.33. The van der Waals surface area contributed by atoms with Crippen molar-refractivity contribution in [1.82, 2.24) is 0 Å². The third-order valence-corrected chi connectivity index (χ3v) is 0.649. The summed E-state index contributed by atoms with van der Waals surface area (Å²) >= 11 is 0. The van der Waals surface area contributed by atoms with Crippen molar-refractivity contribution in [2.45, 2.75) is 13.0 Å². The summed E-state index contributed by atoms with van der Waals surface area (Å²) in [6.45, 7) is 1.98. The van der Waals surface area contributed by atoms with E-state index in [1.807, 2.05) is 0 Å². The number of primary amides is 1. The van der Waals surface area contributed by atoms with Crippen molar-refractivity contribution in [3.05, 3.63) is 0 Å². The number of ether oxygens (including phenoxy) is 1. The molecule has 0 aromatic rings. The second-order valence-electron chi connectivity index (χ2n) is 1.48. The molecule has 0 spiro atoms. The number of carbonyl (C=O) groups is 1. The highest BCUT2D eigenvalue weighted by Crippen LogP contribution is 1.83. The Morgan fingerprint density at radius 2 is 2.38 bits per heavy atom. The van der Waals surface area contributed by atoms with Gasteiger partial charge in [-0.05, 0) is 6.92 Å². The van der Waals surface area contributed by atoms with Gasteiger partial charge >= 0.3 is 6.09 Å². The van der Waals surface area contributed by atoms with Crippen LogP contribution >= 0.6 is 0 Å². The summed E-state index contributed by atoms with van der Waals surface area (Å²) in [4.78, 5) is 9.91. The molecule has 0 radical (unpaired) electrons. The predicted molar refractivity (Wildman–Crippen MR) is 29.2 cm³/mol. The third-order valence-electron chi connectivity index (χ3n) is 0.649. The van der Waals surface area contributed by atoms with Gasteiger partial charge in [0.2, 0.25) is 0 Å². The van der Waals surface area contributed by atoms with Crippen molar-refractivity contribution in [2.24, 2.45) is 11.5 Å². The molecule has 0 aliphatic rings. The monoisotopic (exact) mass is 118 g/mol. The fourth-order valence-electron chi connectivity index (χ4n) is 0.246. The van der Waals surface area contributed by atoms with Crippen LogP contribution in [0.4, 0.5) is 4.79 Å². The summed E-state index contributed by atoms with van der Waals surface area (Å²) in [6.07, 6.45) is -1.05. The summed E-state index contributed by atoms with van der Waals surface area (Å²) in [7, 11) is 0. The van der Waals surface area contributed by atoms with E-state index < -0.39 is 6.09 Å². The first-order valence-electron chi connectivity index (χ1n) is 2.33. The highest BCUT2D eigenvalue weighted by molar-refractivity contribution is 5.64. The average molecular weight is 118 g/mol. The van der Waals surface area contributed by atoms with Gasteiger partial charge in [0.05, 0.1) is 0 Å². The molecule has 4 nitrogen and oxygen atoms in total. The van der Waals surface area contributed by atoms with Crippen LogP contribution in [0.15, 0.2) is 0 Å². The van der Waals surface area contributed by atoms with Crippen LogP contribution in [0.5, 0.6) is 0 Å². The number of hydrogen-bond donors (Lipinski definition) is 2. The lowest BCUT2D eigenvalue weighted by molar-refractivity contribution is 0.120. The molecule has 1 unspecified atom stereocenters. The maximum absolute atomic E-state index is 9.91. The largest absolute Gasteiger partial charge is 0.445 e. The SMILES string of the molecule is CC(CN)OC(N)=O. The fourth-order valence-corrected chi connectivity index (χ4v) is 0.246. The number of rotatable bonds is 2. The van der Waals surface area contributed by atoms with Crippen LogP contribution < -0.4 is 11.5 Å². The lowest BCUT2D eigenvalue weighted by Crippen LogP contribution is -2.26. The van der Waals surface area contributed by atoms with Crippen LogP contribution in [0, 0.1) is 0 Å². The lowest BCUT2D eigenvalue weighted by Gasteiger charge is -2.05. The van der Waals surface area contributed by atoms with Gasteiger partial charge in [0, 0.05) is 6.54 Å². The van der Waals surface area contributed by atoms with E-state index in [1.54, 1.807) is 6.92 Å². The Kier molecular flexibility index (Phi) is 2.95. The average Bonchev–Trinajstić information content (AvgIpc) is 1.65. The van der Waals surface area contributed by atoms with Gasteiger partial charge in [-0.1, -0.05) is 0 Å². The minimum atomic E-state index is -0.775. The Bertz CT molecular complexity index is 84.1. The van der Waals surface area contributed by atoms with Crippen LogP contribution in [0.3, 0.4) is 0 Å². The molecule has 0 bridgehead atoms. The van der Waals surface area contributed by atoms with Crippen molar-refractivity contribution in [3.8, 4) is 0 Å². The quantitative estimate of drug-likeness (QED) is 0.509. The minimum absolute atomic E-state index is 0.271. The molecule has 0 saturated heterocycles. The minimum Gasteiger partial charge on any atom is -0.445 e. The molecule has 0 aliphatic carbocycles. The Balaban J connectivity index is 3.24. The van der Waals surface area contributed by atoms with Gasteiger partial charge < -0.3 is 16.2 Å². The van der Waals surface area contributed by atoms with E-state index in [-0.39, 0.29) is 6.10 Å². The van der Waals surface area contributed by atoms with Gasteiger partial charge in [0.1, 0.15) is 6.10 Å². The Labute approximate surface area is 47.8 Å². The molecule has 1 amide bonds. The van der Waals surface area contributed by atoms with Gasteiger partial charge in [0.25, 0.3) is 0 Å². The summed E-state index contributed by atoms with van der Waals surface area (Å²) in [5, 5.41) is 0. The van der Waals surface area contributed by atoms with Crippen LogP contribution in [-0.4, -0.2) is 18.7 Å². The topological polar surface area (TPSA) is 78.3 Å². The van der Waals surface area contributed by atoms with Crippen LogP contribution in [0.2, 0.25) is 0 Å². The summed E-state index contributed by atoms with van der Waals surface area (Å²) in [6, 6.07) is 0. The fraction of sp³-hybridized carbons (Fsp3) is 0.750. The van der Waals surface area contributed by atoms with E-state index >= 15 is 0 Å². The van der Waals surface area contributed by atoms with E-state index in [9.17, 15) is 4.79 Å². The molecule has 8 heavy (non-hydrogen) atoms. The standard InChI is InChI=1S/C4H10N2O2/c1-3(2-5)8-4(6)7/h3H,2,5H2,1H3,(H2,6,7). The third kappa shape index (κ3) is 3.42. The Morgan fingerprint density at radius 1 is 1.88 bits per heavy atom. The Morgan fingerprint density at radius 3 is 2.50 bits per heavy atom. The molecule has 0 rings (SSSR count). The van der Waals surface area contributed by atoms with E-state index in [0.717, 1.165) is 0 Å². The Hall–Kier alpha value is -0.770. The zero-order chi connectivity index (χ0) is 6.57. The van der Waals surface area contributed by atoms with Crippen molar-refractivity contribution in [3.63, 3.8) is 0 Å². The molecule has 0 heterocycles. The van der Waals surface area contributed by atoms with Gasteiger partial charge in [-0.3, -0.25) is 0 Å². The first-order chi connectivity index (χ1) is 3.66. The maximum atomic E-state index is 9.91. The number of nitrogens with two attached hydrogens (primary N) is 2. The maximum Gasteiger partial charge on any atom is 0.404 e. The molecule has 0 aromatic carbocycles. The number of hydrogen-bond acceptors (Lipinski definition) is 3. The van der Waals surface area contributed by atoms with Gasteiger partial charge in [-0.25, -0.2) is 4.79 Å². The lowest BCUT2D eigenvalue weighted by atomic mass is 10.4. The van der Waals surface area contributed by atoms with Crippen molar-refractivity contribution >= 4 is 6.09 Å². The first kappa shape index (κ1) is 7.23. The summed E-state index contributed by atoms with van der Waals surface area (Å²) in [5.41, 5.74) is 9.74. The van der Waals surface area contributed by atoms with Crippen molar-refractivity contribution < 1.29 is 9.53 Å². The van der Waals surface area contributed by atoms with Crippen LogP contribution in [0.25, 0.3) is 0 Å². The van der Waals surface area contributed by atoms with Crippen molar-refractivity contribution in [2.75, 3.05) is 6.54 Å². The molecular weight excluding hydrogens is 108 g/mol. The summed E-state index contributed by atoms with van der Waals surface area (Å²) in [5.74, 6) is 0. The zero-order valence-corrected chi connectivity index (χ0v) is 4.76. The molecule has 0 aliphatic heterocycles.